The minimum atomic E-state index is -0.0764. The number of nitrogens with zero attached hydrogens (tertiary/aromatic N) is 4. The van der Waals surface area contributed by atoms with Crippen LogP contribution in [0.1, 0.15) is 44.0 Å². The van der Waals surface area contributed by atoms with Gasteiger partial charge in [-0.05, 0) is 31.0 Å². The van der Waals surface area contributed by atoms with E-state index in [1.165, 1.54) is 0 Å². The molecule has 150 valence electrons. The first-order valence-electron chi connectivity index (χ1n) is 10.1. The first kappa shape index (κ1) is 20.3. The Kier molecular flexibility index (Phi) is 6.62. The van der Waals surface area contributed by atoms with E-state index in [4.69, 9.17) is 5.73 Å². The largest absolute Gasteiger partial charge is 0.384 e. The number of carbonyl (C=O) groups is 1. The number of nitrogens with two attached hydrogens (primary N) is 1. The minimum Gasteiger partial charge on any atom is -0.384 e. The van der Waals surface area contributed by atoms with Crippen molar-refractivity contribution in [2.45, 2.75) is 45.2 Å². The van der Waals surface area contributed by atoms with Gasteiger partial charge in [0.1, 0.15) is 11.6 Å². The van der Waals surface area contributed by atoms with Crippen molar-refractivity contribution in [3.05, 3.63) is 54.0 Å². The zero-order valence-corrected chi connectivity index (χ0v) is 17.1. The average molecular weight is 382 g/mol. The highest BCUT2D eigenvalue weighted by Gasteiger charge is 2.35. The Labute approximate surface area is 167 Å². The lowest BCUT2D eigenvalue weighted by atomic mass is 9.84. The number of rotatable bonds is 7. The van der Waals surface area contributed by atoms with Gasteiger partial charge in [-0.25, -0.2) is 9.97 Å². The molecule has 0 saturated carbocycles. The van der Waals surface area contributed by atoms with Gasteiger partial charge in [0.2, 0.25) is 5.91 Å². The van der Waals surface area contributed by atoms with E-state index < -0.39 is 0 Å². The molecule has 1 aliphatic rings. The van der Waals surface area contributed by atoms with Crippen LogP contribution in [0.5, 0.6) is 0 Å². The minimum absolute atomic E-state index is 0.0764. The summed E-state index contributed by atoms with van der Waals surface area (Å²) in [6, 6.07) is 12.2. The van der Waals surface area contributed by atoms with Crippen molar-refractivity contribution in [2.24, 2.45) is 5.92 Å². The van der Waals surface area contributed by atoms with Crippen molar-refractivity contribution in [1.29, 1.82) is 0 Å². The summed E-state index contributed by atoms with van der Waals surface area (Å²) in [4.78, 5) is 26.2. The molecule has 0 unspecified atom stereocenters. The van der Waals surface area contributed by atoms with Crippen LogP contribution in [-0.2, 0) is 11.3 Å². The highest BCUT2D eigenvalue weighted by Crippen LogP contribution is 2.31. The number of hydrogen-bond donors (Lipinski definition) is 1. The molecule has 0 bridgehead atoms. The lowest BCUT2D eigenvalue weighted by molar-refractivity contribution is -0.133. The normalized spacial score (nSPS) is 19.0. The molecule has 1 fully saturated rings. The lowest BCUT2D eigenvalue weighted by Crippen LogP contribution is -2.39. The van der Waals surface area contributed by atoms with Crippen molar-refractivity contribution in [2.75, 3.05) is 25.9 Å². The van der Waals surface area contributed by atoms with Gasteiger partial charge in [0.05, 0.1) is 12.5 Å². The van der Waals surface area contributed by atoms with Crippen LogP contribution in [-0.4, -0.2) is 51.9 Å². The van der Waals surface area contributed by atoms with E-state index in [2.05, 4.69) is 47.9 Å². The summed E-state index contributed by atoms with van der Waals surface area (Å²) < 4.78 is 0. The molecular formula is C22H31N5O. The van der Waals surface area contributed by atoms with Gasteiger partial charge in [0.25, 0.3) is 0 Å². The highest BCUT2D eigenvalue weighted by atomic mass is 16.2. The fourth-order valence-electron chi connectivity index (χ4n) is 3.95. The van der Waals surface area contributed by atoms with Gasteiger partial charge in [0, 0.05) is 25.3 Å². The van der Waals surface area contributed by atoms with Crippen LogP contribution in [0.15, 0.2) is 42.6 Å². The second kappa shape index (κ2) is 9.15. The molecule has 0 aliphatic carbocycles. The van der Waals surface area contributed by atoms with Crippen LogP contribution >= 0.6 is 0 Å². The van der Waals surface area contributed by atoms with Crippen molar-refractivity contribution >= 4 is 11.7 Å². The molecule has 1 aromatic carbocycles. The zero-order valence-electron chi connectivity index (χ0n) is 17.1. The summed E-state index contributed by atoms with van der Waals surface area (Å²) in [5, 5.41) is 0. The summed E-state index contributed by atoms with van der Waals surface area (Å²) in [5.74, 6) is 1.69. The molecule has 2 heterocycles. The fraction of sp³-hybridized carbons (Fsp3) is 0.500. The van der Waals surface area contributed by atoms with Crippen LogP contribution in [0.3, 0.4) is 0 Å². The molecule has 1 amide bonds. The second-order valence-electron chi connectivity index (χ2n) is 7.81. The number of nitrogen functional groups attached to an aromatic ring is 1. The molecule has 6 heteroatoms. The first-order valence-corrected chi connectivity index (χ1v) is 10.1. The van der Waals surface area contributed by atoms with Gasteiger partial charge < -0.3 is 10.6 Å². The molecule has 0 spiro atoms. The Hall–Kier alpha value is -2.47. The third kappa shape index (κ3) is 4.68. The Morgan fingerprint density at radius 3 is 2.75 bits per heavy atom. The lowest BCUT2D eigenvalue weighted by Gasteiger charge is -2.29. The topological polar surface area (TPSA) is 75.4 Å². The van der Waals surface area contributed by atoms with Crippen LogP contribution in [0.4, 0.5) is 5.82 Å². The number of likely N-dealkylation sites (N-methyl/N-ethyl adjacent to an activating group) is 1. The summed E-state index contributed by atoms with van der Waals surface area (Å²) in [5.41, 5.74) is 6.87. The van der Waals surface area contributed by atoms with E-state index >= 15 is 0 Å². The maximum atomic E-state index is 13.4. The van der Waals surface area contributed by atoms with Crippen LogP contribution in [0.25, 0.3) is 0 Å². The number of likely N-dealkylation sites (tertiary alicyclic amines) is 1. The second-order valence-corrected chi connectivity index (χ2v) is 7.81. The van der Waals surface area contributed by atoms with E-state index in [1.807, 2.05) is 23.1 Å². The van der Waals surface area contributed by atoms with Crippen molar-refractivity contribution < 1.29 is 4.79 Å². The number of anilines is 1. The van der Waals surface area contributed by atoms with Crippen LogP contribution < -0.4 is 5.73 Å². The molecule has 2 N–H and O–H groups in total. The zero-order chi connectivity index (χ0) is 20.1. The van der Waals surface area contributed by atoms with E-state index in [-0.39, 0.29) is 11.8 Å². The molecule has 2 aromatic rings. The third-order valence-corrected chi connectivity index (χ3v) is 5.85. The van der Waals surface area contributed by atoms with Crippen LogP contribution in [0.2, 0.25) is 0 Å². The van der Waals surface area contributed by atoms with Crippen molar-refractivity contribution in [1.82, 2.24) is 19.8 Å². The van der Waals surface area contributed by atoms with Crippen molar-refractivity contribution in [3.8, 4) is 0 Å². The molecule has 3 atom stereocenters. The monoisotopic (exact) mass is 381 g/mol. The Morgan fingerprint density at radius 1 is 1.32 bits per heavy atom. The summed E-state index contributed by atoms with van der Waals surface area (Å²) in [7, 11) is 2.06. The van der Waals surface area contributed by atoms with Gasteiger partial charge in [-0.15, -0.1) is 0 Å². The molecular weight excluding hydrogens is 350 g/mol. The molecule has 0 radical (unpaired) electrons. The predicted molar refractivity (Wildman–Crippen MR) is 112 cm³/mol. The molecule has 3 rings (SSSR count). The highest BCUT2D eigenvalue weighted by molar-refractivity contribution is 5.84. The van der Waals surface area contributed by atoms with Gasteiger partial charge in [-0.3, -0.25) is 9.69 Å². The van der Waals surface area contributed by atoms with Gasteiger partial charge in [-0.2, -0.15) is 0 Å². The molecule has 1 saturated heterocycles. The number of benzene rings is 1. The maximum absolute atomic E-state index is 13.4. The summed E-state index contributed by atoms with van der Waals surface area (Å²) in [6.45, 7) is 6.50. The molecule has 1 aliphatic heterocycles. The Bertz CT molecular complexity index is 782. The van der Waals surface area contributed by atoms with E-state index in [0.717, 1.165) is 31.5 Å². The van der Waals surface area contributed by atoms with Crippen molar-refractivity contribution in [3.63, 3.8) is 0 Å². The predicted octanol–water partition coefficient (Wildman–Crippen LogP) is 2.92. The van der Waals surface area contributed by atoms with E-state index in [1.54, 1.807) is 12.3 Å². The van der Waals surface area contributed by atoms with E-state index in [0.29, 0.717) is 30.1 Å². The number of amides is 1. The summed E-state index contributed by atoms with van der Waals surface area (Å²) in [6.07, 6.45) is 3.63. The maximum Gasteiger partial charge on any atom is 0.230 e. The van der Waals surface area contributed by atoms with Gasteiger partial charge >= 0.3 is 0 Å². The van der Waals surface area contributed by atoms with Gasteiger partial charge in [-0.1, -0.05) is 50.6 Å². The average Bonchev–Trinajstić information content (AvgIpc) is 3.19. The Balaban J connectivity index is 1.66. The number of aromatic nitrogens is 2. The number of hydrogen-bond acceptors (Lipinski definition) is 5. The number of carbonyl (C=O) groups excluding carboxylic acids is 1. The molecule has 6 nitrogen and oxygen atoms in total. The quantitative estimate of drug-likeness (QED) is 0.798. The first-order chi connectivity index (χ1) is 13.5. The van der Waals surface area contributed by atoms with Gasteiger partial charge in [0.15, 0.2) is 0 Å². The standard InChI is InChI=1S/C22H31N5O/c1-4-16(2)21(17-8-6-5-7-9-17)22(28)27-13-11-18(14-27)26(3)15-20-24-12-10-19(23)25-20/h5-10,12,16,18,21H,4,11,13-15H2,1-3H3,(H2,23,24,25)/t16-,18-,21+/m0/s1. The summed E-state index contributed by atoms with van der Waals surface area (Å²) >= 11 is 0. The SMILES string of the molecule is CC[C@H](C)[C@@H](C(=O)N1CC[C@H](N(C)Cc2nccc(N)n2)C1)c1ccccc1. The van der Waals surface area contributed by atoms with Crippen LogP contribution in [0, 0.1) is 5.92 Å². The smallest absolute Gasteiger partial charge is 0.230 e. The Morgan fingerprint density at radius 2 is 2.07 bits per heavy atom. The molecule has 28 heavy (non-hydrogen) atoms. The third-order valence-electron chi connectivity index (χ3n) is 5.85. The molecule has 1 aromatic heterocycles. The fourth-order valence-corrected chi connectivity index (χ4v) is 3.95. The van der Waals surface area contributed by atoms with E-state index in [9.17, 15) is 4.79 Å².